The SMILES string of the molecule is CNCC1Cc2ccc(OCCNS(=O)(=O)C3CCC3)cc2C1Cc1cccc(Cl)c1. The number of sulfonamides is 1. The first-order valence-corrected chi connectivity index (χ1v) is 13.0. The lowest BCUT2D eigenvalue weighted by Gasteiger charge is -2.25. The zero-order valence-corrected chi connectivity index (χ0v) is 19.5. The average Bonchev–Trinajstić information content (AvgIpc) is 3.01. The van der Waals surface area contributed by atoms with Gasteiger partial charge in [0.05, 0.1) is 5.25 Å². The third kappa shape index (κ3) is 5.43. The molecule has 0 aromatic heterocycles. The topological polar surface area (TPSA) is 67.4 Å². The predicted octanol–water partition coefficient (Wildman–Crippen LogP) is 3.91. The maximum absolute atomic E-state index is 12.1. The Balaban J connectivity index is 1.41. The summed E-state index contributed by atoms with van der Waals surface area (Å²) in [6.45, 7) is 1.58. The summed E-state index contributed by atoms with van der Waals surface area (Å²) in [6.07, 6.45) is 4.52. The number of ether oxygens (including phenoxy) is 1. The van der Waals surface area contributed by atoms with Crippen LogP contribution in [-0.4, -0.2) is 40.4 Å². The van der Waals surface area contributed by atoms with Gasteiger partial charge in [0.25, 0.3) is 0 Å². The van der Waals surface area contributed by atoms with E-state index in [1.54, 1.807) is 0 Å². The lowest BCUT2D eigenvalue weighted by molar-refractivity contribution is 0.321. The number of hydrogen-bond donors (Lipinski definition) is 2. The standard InChI is InChI=1S/C24H31ClN2O3S/c1-26-16-19-14-18-8-9-21(30-11-10-27-31(28,29)22-6-3-7-22)15-24(18)23(19)13-17-4-2-5-20(25)12-17/h2,4-5,8-9,12,15,19,22-23,26-27H,3,6-7,10-11,13-14,16H2,1H3. The van der Waals surface area contributed by atoms with Crippen molar-refractivity contribution in [3.8, 4) is 5.75 Å². The molecule has 5 nitrogen and oxygen atoms in total. The van der Waals surface area contributed by atoms with E-state index in [1.165, 1.54) is 16.7 Å². The Labute approximate surface area is 190 Å². The van der Waals surface area contributed by atoms with Crippen LogP contribution in [0.3, 0.4) is 0 Å². The molecule has 168 valence electrons. The Morgan fingerprint density at radius 3 is 2.71 bits per heavy atom. The maximum Gasteiger partial charge on any atom is 0.214 e. The molecule has 0 aliphatic heterocycles. The second-order valence-corrected chi connectivity index (χ2v) is 11.1. The Hall–Kier alpha value is -1.60. The van der Waals surface area contributed by atoms with E-state index in [9.17, 15) is 8.42 Å². The van der Waals surface area contributed by atoms with E-state index < -0.39 is 10.0 Å². The molecule has 0 saturated heterocycles. The molecule has 1 fully saturated rings. The van der Waals surface area contributed by atoms with Crippen LogP contribution in [0.15, 0.2) is 42.5 Å². The van der Waals surface area contributed by atoms with E-state index in [0.717, 1.165) is 49.4 Å². The fraction of sp³-hybridized carbons (Fsp3) is 0.500. The van der Waals surface area contributed by atoms with Crippen LogP contribution in [0.4, 0.5) is 0 Å². The van der Waals surface area contributed by atoms with Gasteiger partial charge in [-0.05, 0) is 92.1 Å². The summed E-state index contributed by atoms with van der Waals surface area (Å²) in [5.74, 6) is 1.70. The molecule has 2 aromatic rings. The van der Waals surface area contributed by atoms with Gasteiger partial charge in [-0.2, -0.15) is 0 Å². The largest absolute Gasteiger partial charge is 0.492 e. The number of nitrogens with one attached hydrogen (secondary N) is 2. The Bertz CT molecular complexity index is 1010. The van der Waals surface area contributed by atoms with E-state index in [4.69, 9.17) is 16.3 Å². The van der Waals surface area contributed by atoms with Gasteiger partial charge < -0.3 is 10.1 Å². The third-order valence-corrected chi connectivity index (χ3v) is 8.73. The second kappa shape index (κ2) is 9.90. The number of rotatable bonds is 10. The van der Waals surface area contributed by atoms with Crippen LogP contribution in [0.2, 0.25) is 5.02 Å². The van der Waals surface area contributed by atoms with Crippen LogP contribution in [0, 0.1) is 5.92 Å². The van der Waals surface area contributed by atoms with Crippen LogP contribution in [0.5, 0.6) is 5.75 Å². The highest BCUT2D eigenvalue weighted by atomic mass is 35.5. The van der Waals surface area contributed by atoms with Gasteiger partial charge in [-0.1, -0.05) is 36.2 Å². The van der Waals surface area contributed by atoms with Crippen molar-refractivity contribution in [1.82, 2.24) is 10.0 Å². The molecule has 2 aliphatic rings. The highest BCUT2D eigenvalue weighted by Crippen LogP contribution is 2.41. The van der Waals surface area contributed by atoms with Gasteiger partial charge in [0.2, 0.25) is 10.0 Å². The summed E-state index contributed by atoms with van der Waals surface area (Å²) in [5, 5.41) is 3.89. The van der Waals surface area contributed by atoms with E-state index in [-0.39, 0.29) is 5.25 Å². The van der Waals surface area contributed by atoms with Crippen molar-refractivity contribution in [3.63, 3.8) is 0 Å². The first-order chi connectivity index (χ1) is 15.0. The molecule has 31 heavy (non-hydrogen) atoms. The fourth-order valence-corrected chi connectivity index (χ4v) is 6.47. The van der Waals surface area contributed by atoms with Crippen molar-refractivity contribution in [2.24, 2.45) is 5.92 Å². The van der Waals surface area contributed by atoms with E-state index in [0.29, 0.717) is 25.0 Å². The molecular formula is C24H31ClN2O3S. The van der Waals surface area contributed by atoms with Gasteiger partial charge in [-0.3, -0.25) is 0 Å². The monoisotopic (exact) mass is 462 g/mol. The molecule has 2 N–H and O–H groups in total. The lowest BCUT2D eigenvalue weighted by atomic mass is 9.86. The van der Waals surface area contributed by atoms with Crippen LogP contribution < -0.4 is 14.8 Å². The Morgan fingerprint density at radius 1 is 1.16 bits per heavy atom. The molecule has 0 amide bonds. The lowest BCUT2D eigenvalue weighted by Crippen LogP contribution is -2.40. The van der Waals surface area contributed by atoms with Gasteiger partial charge in [-0.25, -0.2) is 13.1 Å². The fourth-order valence-electron chi connectivity index (χ4n) is 4.70. The quantitative estimate of drug-likeness (QED) is 0.525. The van der Waals surface area contributed by atoms with Gasteiger partial charge in [0.15, 0.2) is 0 Å². The summed E-state index contributed by atoms with van der Waals surface area (Å²) in [7, 11) is -1.20. The summed E-state index contributed by atoms with van der Waals surface area (Å²) in [4.78, 5) is 0. The summed E-state index contributed by atoms with van der Waals surface area (Å²) < 4.78 is 32.9. The van der Waals surface area contributed by atoms with Gasteiger partial charge in [0, 0.05) is 11.6 Å². The minimum absolute atomic E-state index is 0.219. The molecule has 1 saturated carbocycles. The van der Waals surface area contributed by atoms with Gasteiger partial charge >= 0.3 is 0 Å². The average molecular weight is 463 g/mol. The summed E-state index contributed by atoms with van der Waals surface area (Å²) in [5.41, 5.74) is 3.93. The molecule has 0 bridgehead atoms. The molecule has 7 heteroatoms. The summed E-state index contributed by atoms with van der Waals surface area (Å²) >= 11 is 6.21. The van der Waals surface area contributed by atoms with E-state index in [2.05, 4.69) is 28.2 Å². The van der Waals surface area contributed by atoms with E-state index >= 15 is 0 Å². The molecule has 2 unspecified atom stereocenters. The van der Waals surface area contributed by atoms with Crippen LogP contribution >= 0.6 is 11.6 Å². The zero-order valence-electron chi connectivity index (χ0n) is 17.9. The molecule has 4 rings (SSSR count). The van der Waals surface area contributed by atoms with Crippen molar-refractivity contribution in [3.05, 3.63) is 64.2 Å². The first-order valence-electron chi connectivity index (χ1n) is 11.1. The normalized spacial score (nSPS) is 21.0. The van der Waals surface area contributed by atoms with Crippen LogP contribution in [-0.2, 0) is 22.9 Å². The zero-order chi connectivity index (χ0) is 21.8. The van der Waals surface area contributed by atoms with Crippen molar-refractivity contribution in [1.29, 1.82) is 0 Å². The van der Waals surface area contributed by atoms with Crippen LogP contribution in [0.25, 0.3) is 0 Å². The smallest absolute Gasteiger partial charge is 0.214 e. The third-order valence-electron chi connectivity index (χ3n) is 6.54. The molecule has 0 heterocycles. The van der Waals surface area contributed by atoms with Crippen molar-refractivity contribution >= 4 is 21.6 Å². The Kier molecular flexibility index (Phi) is 7.22. The minimum atomic E-state index is -3.20. The van der Waals surface area contributed by atoms with Crippen LogP contribution in [0.1, 0.15) is 41.9 Å². The van der Waals surface area contributed by atoms with Crippen molar-refractivity contribution < 1.29 is 13.2 Å². The number of hydrogen-bond acceptors (Lipinski definition) is 4. The second-order valence-electron chi connectivity index (χ2n) is 8.66. The molecule has 2 aliphatic carbocycles. The highest BCUT2D eigenvalue weighted by molar-refractivity contribution is 7.90. The molecule has 2 aromatic carbocycles. The van der Waals surface area contributed by atoms with Crippen molar-refractivity contribution in [2.45, 2.75) is 43.3 Å². The van der Waals surface area contributed by atoms with Gasteiger partial charge in [0.1, 0.15) is 12.4 Å². The van der Waals surface area contributed by atoms with Crippen molar-refractivity contribution in [2.75, 3.05) is 26.7 Å². The highest BCUT2D eigenvalue weighted by Gasteiger charge is 2.33. The molecule has 0 radical (unpaired) electrons. The molecular weight excluding hydrogens is 432 g/mol. The minimum Gasteiger partial charge on any atom is -0.492 e. The maximum atomic E-state index is 12.1. The number of fused-ring (bicyclic) bond motifs is 1. The first kappa shape index (κ1) is 22.6. The van der Waals surface area contributed by atoms with E-state index in [1.807, 2.05) is 31.3 Å². The number of halogens is 1. The predicted molar refractivity (Wildman–Crippen MR) is 126 cm³/mol. The number of benzene rings is 2. The van der Waals surface area contributed by atoms with Gasteiger partial charge in [-0.15, -0.1) is 0 Å². The molecule has 2 atom stereocenters. The Morgan fingerprint density at radius 2 is 2.00 bits per heavy atom. The summed E-state index contributed by atoms with van der Waals surface area (Å²) in [6, 6.07) is 14.4. The molecule has 0 spiro atoms.